The number of nitriles is 1. The van der Waals surface area contributed by atoms with Crippen LogP contribution in [-0.2, 0) is 0 Å². The number of ether oxygens (including phenoxy) is 1. The maximum absolute atomic E-state index is 9.06. The Morgan fingerprint density at radius 1 is 1.00 bits per heavy atom. The first-order valence-corrected chi connectivity index (χ1v) is 6.82. The average Bonchev–Trinajstić information content (AvgIpc) is 2.34. The summed E-state index contributed by atoms with van der Waals surface area (Å²) in [6.07, 6.45) is 0. The largest absolute Gasteiger partial charge is 0.456 e. The Balaban J connectivity index is 2.43. The van der Waals surface area contributed by atoms with Crippen LogP contribution in [0.2, 0.25) is 0 Å². The van der Waals surface area contributed by atoms with Gasteiger partial charge < -0.3 is 4.74 Å². The first-order chi connectivity index (χ1) is 8.60. The van der Waals surface area contributed by atoms with E-state index < -0.39 is 0 Å². The second kappa shape index (κ2) is 5.55. The fourth-order valence-electron chi connectivity index (χ4n) is 1.48. The minimum atomic E-state index is 0.512. The lowest BCUT2D eigenvalue weighted by molar-refractivity contribution is 0.476. The van der Waals surface area contributed by atoms with Crippen LogP contribution in [0.25, 0.3) is 0 Å². The summed E-state index contributed by atoms with van der Waals surface area (Å²) in [5.74, 6) is 1.28. The monoisotopic (exact) mass is 365 g/mol. The third-order valence-electron chi connectivity index (χ3n) is 2.43. The van der Waals surface area contributed by atoms with E-state index >= 15 is 0 Å². The van der Waals surface area contributed by atoms with Crippen molar-refractivity contribution in [2.24, 2.45) is 0 Å². The second-order valence-electron chi connectivity index (χ2n) is 3.76. The molecule has 4 heteroatoms. The molecule has 0 unspecified atom stereocenters. The fraction of sp³-hybridized carbons (Fsp3) is 0.0714. The topological polar surface area (TPSA) is 33.0 Å². The predicted octanol–water partition coefficient (Wildman–Crippen LogP) is 5.18. The summed E-state index contributed by atoms with van der Waals surface area (Å²) in [6, 6.07) is 13.3. The van der Waals surface area contributed by atoms with Gasteiger partial charge in [-0.3, -0.25) is 0 Å². The number of benzene rings is 2. The number of rotatable bonds is 2. The standard InChI is InChI=1S/C14H9Br2NO/c1-9-2-4-11(15)6-13(9)18-14-7-12(16)5-3-10(14)8-17/h2-7H,1H3. The van der Waals surface area contributed by atoms with Crippen LogP contribution in [-0.4, -0.2) is 0 Å². The van der Waals surface area contributed by atoms with Crippen molar-refractivity contribution in [3.63, 3.8) is 0 Å². The molecule has 2 aromatic rings. The lowest BCUT2D eigenvalue weighted by atomic mass is 10.2. The fourth-order valence-corrected chi connectivity index (χ4v) is 2.16. The van der Waals surface area contributed by atoms with Crippen molar-refractivity contribution in [2.45, 2.75) is 6.92 Å². The molecule has 0 aliphatic rings. The molecular formula is C14H9Br2NO. The van der Waals surface area contributed by atoms with E-state index in [1.54, 1.807) is 12.1 Å². The maximum atomic E-state index is 9.06. The summed E-state index contributed by atoms with van der Waals surface area (Å²) >= 11 is 6.78. The van der Waals surface area contributed by atoms with Crippen molar-refractivity contribution in [1.29, 1.82) is 5.26 Å². The Bertz CT molecular complexity index is 632. The Morgan fingerprint density at radius 2 is 1.61 bits per heavy atom. The molecule has 2 nitrogen and oxygen atoms in total. The molecule has 90 valence electrons. The van der Waals surface area contributed by atoms with E-state index in [4.69, 9.17) is 10.00 Å². The molecule has 0 aliphatic heterocycles. The van der Waals surface area contributed by atoms with Crippen molar-refractivity contribution in [2.75, 3.05) is 0 Å². The zero-order valence-corrected chi connectivity index (χ0v) is 12.7. The Labute approximate surface area is 122 Å². The van der Waals surface area contributed by atoms with Gasteiger partial charge in [-0.05, 0) is 42.8 Å². The highest BCUT2D eigenvalue weighted by Gasteiger charge is 2.07. The molecule has 0 radical (unpaired) electrons. The van der Waals surface area contributed by atoms with Crippen LogP contribution in [0.1, 0.15) is 11.1 Å². The van der Waals surface area contributed by atoms with Crippen LogP contribution in [0.3, 0.4) is 0 Å². The molecule has 0 heterocycles. The Kier molecular flexibility index (Phi) is 4.05. The van der Waals surface area contributed by atoms with Gasteiger partial charge in [-0.2, -0.15) is 5.26 Å². The number of aryl methyl sites for hydroxylation is 1. The van der Waals surface area contributed by atoms with Crippen LogP contribution >= 0.6 is 31.9 Å². The molecule has 0 aromatic heterocycles. The summed E-state index contributed by atoms with van der Waals surface area (Å²) in [5, 5.41) is 9.06. The molecule has 2 rings (SSSR count). The van der Waals surface area contributed by atoms with Crippen molar-refractivity contribution < 1.29 is 4.74 Å². The average molecular weight is 367 g/mol. The van der Waals surface area contributed by atoms with Gasteiger partial charge in [-0.1, -0.05) is 37.9 Å². The normalized spacial score (nSPS) is 9.89. The molecule has 0 saturated heterocycles. The minimum Gasteiger partial charge on any atom is -0.456 e. The quantitative estimate of drug-likeness (QED) is 0.733. The smallest absolute Gasteiger partial charge is 0.146 e. The van der Waals surface area contributed by atoms with Gasteiger partial charge in [-0.25, -0.2) is 0 Å². The van der Waals surface area contributed by atoms with Crippen molar-refractivity contribution in [3.8, 4) is 17.6 Å². The SMILES string of the molecule is Cc1ccc(Br)cc1Oc1cc(Br)ccc1C#N. The van der Waals surface area contributed by atoms with E-state index in [0.717, 1.165) is 20.3 Å². The zero-order valence-electron chi connectivity index (χ0n) is 9.58. The molecule has 0 spiro atoms. The first-order valence-electron chi connectivity index (χ1n) is 5.24. The number of nitrogens with zero attached hydrogens (tertiary/aromatic N) is 1. The molecule has 0 fully saturated rings. The minimum absolute atomic E-state index is 0.512. The molecule has 0 saturated carbocycles. The van der Waals surface area contributed by atoms with E-state index in [0.29, 0.717) is 11.3 Å². The van der Waals surface area contributed by atoms with Gasteiger partial charge in [0, 0.05) is 8.95 Å². The summed E-state index contributed by atoms with van der Waals surface area (Å²) in [5.41, 5.74) is 1.53. The van der Waals surface area contributed by atoms with Gasteiger partial charge in [0.2, 0.25) is 0 Å². The number of halogens is 2. The third kappa shape index (κ3) is 2.92. The van der Waals surface area contributed by atoms with Gasteiger partial charge in [-0.15, -0.1) is 0 Å². The van der Waals surface area contributed by atoms with Gasteiger partial charge >= 0.3 is 0 Å². The van der Waals surface area contributed by atoms with Gasteiger partial charge in [0.25, 0.3) is 0 Å². The number of hydrogen-bond acceptors (Lipinski definition) is 2. The van der Waals surface area contributed by atoms with Crippen molar-refractivity contribution in [3.05, 3.63) is 56.5 Å². The molecule has 18 heavy (non-hydrogen) atoms. The van der Waals surface area contributed by atoms with Crippen LogP contribution in [0.4, 0.5) is 0 Å². The number of hydrogen-bond donors (Lipinski definition) is 0. The summed E-state index contributed by atoms with van der Waals surface area (Å²) in [4.78, 5) is 0. The first kappa shape index (κ1) is 13.1. The molecule has 0 amide bonds. The Hall–Kier alpha value is -1.31. The highest BCUT2D eigenvalue weighted by atomic mass is 79.9. The van der Waals surface area contributed by atoms with E-state index in [1.807, 2.05) is 31.2 Å². The molecular weight excluding hydrogens is 358 g/mol. The summed E-state index contributed by atoms with van der Waals surface area (Å²) < 4.78 is 7.63. The molecule has 0 bridgehead atoms. The molecule has 0 aliphatic carbocycles. The molecule has 0 N–H and O–H groups in total. The van der Waals surface area contributed by atoms with E-state index in [2.05, 4.69) is 37.9 Å². The highest BCUT2D eigenvalue weighted by molar-refractivity contribution is 9.10. The second-order valence-corrected chi connectivity index (χ2v) is 5.60. The predicted molar refractivity (Wildman–Crippen MR) is 77.8 cm³/mol. The van der Waals surface area contributed by atoms with Crippen LogP contribution in [0, 0.1) is 18.3 Å². The van der Waals surface area contributed by atoms with Gasteiger partial charge in [0.1, 0.15) is 17.6 Å². The van der Waals surface area contributed by atoms with Gasteiger partial charge in [0.15, 0.2) is 0 Å². The lowest BCUT2D eigenvalue weighted by Gasteiger charge is -2.10. The maximum Gasteiger partial charge on any atom is 0.146 e. The van der Waals surface area contributed by atoms with Crippen LogP contribution in [0.15, 0.2) is 45.3 Å². The van der Waals surface area contributed by atoms with Crippen LogP contribution < -0.4 is 4.74 Å². The van der Waals surface area contributed by atoms with Crippen LogP contribution in [0.5, 0.6) is 11.5 Å². The van der Waals surface area contributed by atoms with E-state index in [-0.39, 0.29) is 0 Å². The van der Waals surface area contributed by atoms with E-state index in [9.17, 15) is 0 Å². The summed E-state index contributed by atoms with van der Waals surface area (Å²) in [6.45, 7) is 1.96. The highest BCUT2D eigenvalue weighted by Crippen LogP contribution is 2.31. The van der Waals surface area contributed by atoms with Crippen molar-refractivity contribution >= 4 is 31.9 Å². The third-order valence-corrected chi connectivity index (χ3v) is 3.42. The van der Waals surface area contributed by atoms with Crippen molar-refractivity contribution in [1.82, 2.24) is 0 Å². The molecule has 0 atom stereocenters. The van der Waals surface area contributed by atoms with E-state index in [1.165, 1.54) is 0 Å². The van der Waals surface area contributed by atoms with Gasteiger partial charge in [0.05, 0.1) is 5.56 Å². The summed E-state index contributed by atoms with van der Waals surface area (Å²) in [7, 11) is 0. The molecule has 2 aromatic carbocycles. The lowest BCUT2D eigenvalue weighted by Crippen LogP contribution is -1.90. The zero-order chi connectivity index (χ0) is 13.1. The Morgan fingerprint density at radius 3 is 2.28 bits per heavy atom.